The Hall–Kier alpha value is -1.05. The highest BCUT2D eigenvalue weighted by Crippen LogP contribution is 2.26. The Morgan fingerprint density at radius 3 is 2.83 bits per heavy atom. The Kier molecular flexibility index (Phi) is 8.65. The van der Waals surface area contributed by atoms with Crippen molar-refractivity contribution in [1.29, 1.82) is 0 Å². The van der Waals surface area contributed by atoms with Crippen LogP contribution in [0.3, 0.4) is 0 Å². The summed E-state index contributed by atoms with van der Waals surface area (Å²) in [7, 11) is 1.74. The van der Waals surface area contributed by atoms with Crippen LogP contribution in [0.25, 0.3) is 0 Å². The van der Waals surface area contributed by atoms with Crippen LogP contribution >= 0.6 is 24.0 Å². The second-order valence-electron chi connectivity index (χ2n) is 5.99. The molecule has 0 heterocycles. The van der Waals surface area contributed by atoms with Gasteiger partial charge in [-0.15, -0.1) is 24.0 Å². The minimum atomic E-state index is -0.597. The molecule has 23 heavy (non-hydrogen) atoms. The first kappa shape index (κ1) is 20.0. The molecule has 1 aromatic rings. The summed E-state index contributed by atoms with van der Waals surface area (Å²) in [5.74, 6) is 0.630. The Morgan fingerprint density at radius 1 is 1.39 bits per heavy atom. The summed E-state index contributed by atoms with van der Waals surface area (Å²) in [6.07, 6.45) is 6.18. The lowest BCUT2D eigenvalue weighted by Gasteiger charge is -2.30. The van der Waals surface area contributed by atoms with Crippen LogP contribution in [-0.2, 0) is 6.54 Å². The smallest absolute Gasteiger partial charge is 0.191 e. The lowest BCUT2D eigenvalue weighted by molar-refractivity contribution is 0.298. The second kappa shape index (κ2) is 9.95. The zero-order chi connectivity index (χ0) is 15.9. The molecule has 0 saturated heterocycles. The fourth-order valence-corrected chi connectivity index (χ4v) is 3.03. The first-order valence-electron chi connectivity index (χ1n) is 8.07. The van der Waals surface area contributed by atoms with E-state index in [9.17, 15) is 9.50 Å². The van der Waals surface area contributed by atoms with Crippen LogP contribution in [0.4, 0.5) is 4.39 Å². The third kappa shape index (κ3) is 6.16. The fraction of sp³-hybridized carbons (Fsp3) is 0.588. The molecule has 0 radical (unpaired) electrons. The van der Waals surface area contributed by atoms with Gasteiger partial charge in [0.15, 0.2) is 17.5 Å². The third-order valence-electron chi connectivity index (χ3n) is 4.40. The summed E-state index contributed by atoms with van der Waals surface area (Å²) < 4.78 is 13.3. The van der Waals surface area contributed by atoms with Crippen molar-refractivity contribution in [2.45, 2.75) is 51.6 Å². The predicted molar refractivity (Wildman–Crippen MR) is 103 cm³/mol. The molecule has 0 spiro atoms. The summed E-state index contributed by atoms with van der Waals surface area (Å²) >= 11 is 0. The number of phenolic OH excluding ortho intramolecular Hbond substituents is 1. The second-order valence-corrected chi connectivity index (χ2v) is 5.99. The highest BCUT2D eigenvalue weighted by molar-refractivity contribution is 14.0. The van der Waals surface area contributed by atoms with Gasteiger partial charge in [-0.25, -0.2) is 4.39 Å². The van der Waals surface area contributed by atoms with E-state index in [1.807, 2.05) is 0 Å². The lowest BCUT2D eigenvalue weighted by atomic mass is 9.84. The maximum atomic E-state index is 13.3. The molecule has 1 aliphatic carbocycles. The summed E-state index contributed by atoms with van der Waals surface area (Å²) in [6, 6.07) is 4.87. The number of rotatable bonds is 4. The van der Waals surface area contributed by atoms with Gasteiger partial charge in [0, 0.05) is 19.6 Å². The van der Waals surface area contributed by atoms with Crippen molar-refractivity contribution in [2.75, 3.05) is 7.05 Å². The van der Waals surface area contributed by atoms with Crippen molar-refractivity contribution < 1.29 is 9.50 Å². The van der Waals surface area contributed by atoms with E-state index < -0.39 is 5.82 Å². The van der Waals surface area contributed by atoms with Crippen LogP contribution in [0.15, 0.2) is 23.2 Å². The number of hydrogen-bond donors (Lipinski definition) is 3. The standard InChI is InChI=1S/C17H26FN3O.HI/c1-3-12-5-4-6-14(9-12)21-17(19-2)20-11-13-7-8-16(22)15(18)10-13;/h7-8,10,12,14,22H,3-6,9,11H2,1-2H3,(H2,19,20,21);1H. The average molecular weight is 435 g/mol. The molecule has 4 nitrogen and oxygen atoms in total. The molecule has 1 aromatic carbocycles. The molecule has 1 saturated carbocycles. The summed E-state index contributed by atoms with van der Waals surface area (Å²) in [5, 5.41) is 15.9. The molecule has 1 fully saturated rings. The molecule has 0 bridgehead atoms. The van der Waals surface area contributed by atoms with Crippen LogP contribution in [0, 0.1) is 11.7 Å². The van der Waals surface area contributed by atoms with Crippen LogP contribution < -0.4 is 10.6 Å². The van der Waals surface area contributed by atoms with Gasteiger partial charge < -0.3 is 15.7 Å². The van der Waals surface area contributed by atoms with Crippen LogP contribution in [0.1, 0.15) is 44.6 Å². The number of hydrogen-bond acceptors (Lipinski definition) is 2. The summed E-state index contributed by atoms with van der Waals surface area (Å²) in [4.78, 5) is 4.24. The number of nitrogens with one attached hydrogen (secondary N) is 2. The van der Waals surface area contributed by atoms with E-state index in [-0.39, 0.29) is 29.7 Å². The van der Waals surface area contributed by atoms with Gasteiger partial charge in [0.05, 0.1) is 0 Å². The quantitative estimate of drug-likeness (QED) is 0.383. The average Bonchev–Trinajstić information content (AvgIpc) is 2.54. The van der Waals surface area contributed by atoms with Gasteiger partial charge in [-0.3, -0.25) is 4.99 Å². The molecule has 130 valence electrons. The van der Waals surface area contributed by atoms with Crippen LogP contribution in [0.5, 0.6) is 5.75 Å². The lowest BCUT2D eigenvalue weighted by Crippen LogP contribution is -2.45. The van der Waals surface area contributed by atoms with Gasteiger partial charge in [-0.1, -0.05) is 32.3 Å². The Balaban J connectivity index is 0.00000264. The van der Waals surface area contributed by atoms with Gasteiger partial charge in [-0.05, 0) is 36.5 Å². The molecular weight excluding hydrogens is 408 g/mol. The van der Waals surface area contributed by atoms with Crippen molar-refractivity contribution in [3.8, 4) is 5.75 Å². The van der Waals surface area contributed by atoms with Crippen molar-refractivity contribution >= 4 is 29.9 Å². The molecule has 2 unspecified atom stereocenters. The van der Waals surface area contributed by atoms with E-state index in [0.717, 1.165) is 17.4 Å². The van der Waals surface area contributed by atoms with Crippen molar-refractivity contribution in [3.05, 3.63) is 29.6 Å². The van der Waals surface area contributed by atoms with Crippen molar-refractivity contribution in [3.63, 3.8) is 0 Å². The van der Waals surface area contributed by atoms with Gasteiger partial charge in [0.2, 0.25) is 0 Å². The van der Waals surface area contributed by atoms with Gasteiger partial charge in [-0.2, -0.15) is 0 Å². The molecule has 0 aromatic heterocycles. The number of benzene rings is 1. The van der Waals surface area contributed by atoms with E-state index in [1.165, 1.54) is 44.2 Å². The normalized spacial score (nSPS) is 21.4. The van der Waals surface area contributed by atoms with Crippen molar-refractivity contribution in [2.24, 2.45) is 10.9 Å². The minimum absolute atomic E-state index is 0. The maximum Gasteiger partial charge on any atom is 0.191 e. The summed E-state index contributed by atoms with van der Waals surface area (Å²) in [5.41, 5.74) is 0.772. The van der Waals surface area contributed by atoms with Crippen molar-refractivity contribution in [1.82, 2.24) is 10.6 Å². The SMILES string of the molecule is CCC1CCCC(NC(=NC)NCc2ccc(O)c(F)c2)C1.I. The molecule has 6 heteroatoms. The van der Waals surface area contributed by atoms with Gasteiger partial charge in [0.25, 0.3) is 0 Å². The zero-order valence-corrected chi connectivity index (χ0v) is 16.1. The molecule has 2 atom stereocenters. The van der Waals surface area contributed by atoms with E-state index in [4.69, 9.17) is 0 Å². The zero-order valence-electron chi connectivity index (χ0n) is 13.8. The highest BCUT2D eigenvalue weighted by Gasteiger charge is 2.21. The number of nitrogens with zero attached hydrogens (tertiary/aromatic N) is 1. The van der Waals surface area contributed by atoms with Crippen LogP contribution in [-0.4, -0.2) is 24.2 Å². The molecule has 1 aliphatic rings. The Labute approximate surface area is 155 Å². The predicted octanol–water partition coefficient (Wildman–Crippen LogP) is 3.78. The summed E-state index contributed by atoms with van der Waals surface area (Å²) in [6.45, 7) is 2.72. The maximum absolute atomic E-state index is 13.3. The first-order valence-corrected chi connectivity index (χ1v) is 8.07. The number of aliphatic imine (C=N–C) groups is 1. The topological polar surface area (TPSA) is 56.7 Å². The number of aromatic hydroxyl groups is 1. The molecule has 3 N–H and O–H groups in total. The Bertz CT molecular complexity index is 525. The Morgan fingerprint density at radius 2 is 2.17 bits per heavy atom. The van der Waals surface area contributed by atoms with Gasteiger partial charge in [0.1, 0.15) is 0 Å². The minimum Gasteiger partial charge on any atom is -0.505 e. The van der Waals surface area contributed by atoms with Gasteiger partial charge >= 0.3 is 0 Å². The highest BCUT2D eigenvalue weighted by atomic mass is 127. The molecular formula is C17H27FIN3O. The van der Waals surface area contributed by atoms with E-state index in [1.54, 1.807) is 13.1 Å². The molecule has 2 rings (SSSR count). The molecule has 0 amide bonds. The van der Waals surface area contributed by atoms with Crippen LogP contribution in [0.2, 0.25) is 0 Å². The monoisotopic (exact) mass is 435 g/mol. The van der Waals surface area contributed by atoms with E-state index in [2.05, 4.69) is 22.5 Å². The van der Waals surface area contributed by atoms with E-state index >= 15 is 0 Å². The fourth-order valence-electron chi connectivity index (χ4n) is 3.03. The third-order valence-corrected chi connectivity index (χ3v) is 4.40. The first-order chi connectivity index (χ1) is 10.6. The molecule has 0 aliphatic heterocycles. The van der Waals surface area contributed by atoms with E-state index in [0.29, 0.717) is 12.6 Å². The number of halogens is 2. The largest absolute Gasteiger partial charge is 0.505 e. The number of guanidine groups is 1. The number of phenols is 1.